The third-order valence-electron chi connectivity index (χ3n) is 6.73. The summed E-state index contributed by atoms with van der Waals surface area (Å²) in [4.78, 5) is 24.4. The Morgan fingerprint density at radius 1 is 1.14 bits per heavy atom. The van der Waals surface area contributed by atoms with Gasteiger partial charge >= 0.3 is 0 Å². The maximum absolute atomic E-state index is 13.3. The zero-order valence-corrected chi connectivity index (χ0v) is 20.8. The molecule has 37 heavy (non-hydrogen) atoms. The van der Waals surface area contributed by atoms with Crippen molar-refractivity contribution in [3.8, 4) is 11.4 Å². The van der Waals surface area contributed by atoms with E-state index < -0.39 is 0 Å². The number of hydrogen-bond acceptors (Lipinski definition) is 7. The van der Waals surface area contributed by atoms with Gasteiger partial charge < -0.3 is 14.6 Å². The number of aryl methyl sites for hydroxylation is 2. The molecular formula is C27H28N7O3+. The number of pyridine rings is 1. The van der Waals surface area contributed by atoms with E-state index in [1.54, 1.807) is 13.1 Å². The van der Waals surface area contributed by atoms with Crippen LogP contribution in [0.5, 0.6) is 0 Å². The molecule has 1 aromatic carbocycles. The molecule has 4 aromatic rings. The summed E-state index contributed by atoms with van der Waals surface area (Å²) in [5.74, 6) is 0.728. The zero-order chi connectivity index (χ0) is 25.4. The molecule has 0 spiro atoms. The van der Waals surface area contributed by atoms with Crippen molar-refractivity contribution >= 4 is 29.0 Å². The number of nitrogens with zero attached hydrogens (tertiary/aromatic N) is 6. The van der Waals surface area contributed by atoms with E-state index in [9.17, 15) is 4.79 Å². The van der Waals surface area contributed by atoms with Crippen LogP contribution in [0.1, 0.15) is 27.5 Å². The molecule has 2 aliphatic heterocycles. The molecular weight excluding hydrogens is 470 g/mol. The summed E-state index contributed by atoms with van der Waals surface area (Å²) < 4.78 is 14.5. The topological polar surface area (TPSA) is 101 Å². The maximum atomic E-state index is 13.3. The van der Waals surface area contributed by atoms with Crippen molar-refractivity contribution in [1.29, 1.82) is 0 Å². The number of allylic oxidation sites excluding steroid dienone is 1. The van der Waals surface area contributed by atoms with Crippen LogP contribution in [0.25, 0.3) is 22.6 Å². The molecule has 3 aromatic heterocycles. The van der Waals surface area contributed by atoms with Gasteiger partial charge in [-0.2, -0.15) is 4.98 Å². The lowest BCUT2D eigenvalue weighted by atomic mass is 10.1. The molecule has 0 saturated carbocycles. The molecule has 0 bridgehead atoms. The largest absolute Gasteiger partial charge is 0.379 e. The van der Waals surface area contributed by atoms with E-state index in [0.717, 1.165) is 61.7 Å². The van der Waals surface area contributed by atoms with Crippen molar-refractivity contribution in [2.45, 2.75) is 13.8 Å². The molecule has 1 fully saturated rings. The minimum absolute atomic E-state index is 0.243. The Morgan fingerprint density at radius 2 is 1.95 bits per heavy atom. The molecule has 0 atom stereocenters. The summed E-state index contributed by atoms with van der Waals surface area (Å²) in [5, 5.41) is 7.00. The summed E-state index contributed by atoms with van der Waals surface area (Å²) in [6.45, 7) is 9.27. The molecule has 0 radical (unpaired) electrons. The highest BCUT2D eigenvalue weighted by molar-refractivity contribution is 6.10. The Morgan fingerprint density at radius 3 is 2.73 bits per heavy atom. The predicted molar refractivity (Wildman–Crippen MR) is 139 cm³/mol. The van der Waals surface area contributed by atoms with Gasteiger partial charge in [0.25, 0.3) is 5.91 Å². The first-order valence-corrected chi connectivity index (χ1v) is 12.4. The second-order valence-corrected chi connectivity index (χ2v) is 9.32. The quantitative estimate of drug-likeness (QED) is 0.391. The van der Waals surface area contributed by atoms with Crippen molar-refractivity contribution in [2.75, 3.05) is 44.7 Å². The summed E-state index contributed by atoms with van der Waals surface area (Å²) in [7, 11) is 0. The highest BCUT2D eigenvalue weighted by atomic mass is 16.5. The Bertz CT molecular complexity index is 1540. The second kappa shape index (κ2) is 9.72. The van der Waals surface area contributed by atoms with Crippen LogP contribution in [0.4, 0.5) is 5.69 Å². The predicted octanol–water partition coefficient (Wildman–Crippen LogP) is 3.02. The number of benzene rings is 1. The number of nitrogens with one attached hydrogen (secondary N) is 1. The molecule has 5 heterocycles. The van der Waals surface area contributed by atoms with Gasteiger partial charge in [0.2, 0.25) is 11.7 Å². The van der Waals surface area contributed by atoms with E-state index in [1.165, 1.54) is 0 Å². The number of anilines is 1. The zero-order valence-electron chi connectivity index (χ0n) is 20.8. The monoisotopic (exact) mass is 498 g/mol. The van der Waals surface area contributed by atoms with Gasteiger partial charge in [0.15, 0.2) is 19.0 Å². The van der Waals surface area contributed by atoms with Crippen LogP contribution >= 0.6 is 0 Å². The molecule has 2 aliphatic rings. The van der Waals surface area contributed by atoms with Crippen molar-refractivity contribution in [1.82, 2.24) is 24.4 Å². The van der Waals surface area contributed by atoms with E-state index in [0.29, 0.717) is 28.7 Å². The molecule has 188 valence electrons. The molecule has 1 saturated heterocycles. The third kappa shape index (κ3) is 4.81. The standard InChI is InChI=1S/C27H27N7O3/c1-18-3-4-20(26-29-19(2)37-31-26)13-23(18)30-27(35)24-14-28-25-6-5-21(17-34(24)25)22-15-33(16-22)8-7-32-9-11-36-12-10-32/h3-6,13-17H,7-12H2,1-2H3/p+1. The molecule has 10 nitrogen and oxygen atoms in total. The van der Waals surface area contributed by atoms with Crippen molar-refractivity contribution in [3.05, 3.63) is 71.6 Å². The van der Waals surface area contributed by atoms with Gasteiger partial charge in [0.05, 0.1) is 26.0 Å². The average Bonchev–Trinajstić information content (AvgIpc) is 3.51. The summed E-state index contributed by atoms with van der Waals surface area (Å²) in [6, 6.07) is 9.65. The fourth-order valence-corrected chi connectivity index (χ4v) is 4.52. The average molecular weight is 499 g/mol. The normalized spacial score (nSPS) is 15.8. The van der Waals surface area contributed by atoms with Gasteiger partial charge in [-0.05, 0) is 30.7 Å². The van der Waals surface area contributed by atoms with Gasteiger partial charge in [-0.15, -0.1) is 0 Å². The Hall–Kier alpha value is -4.15. The van der Waals surface area contributed by atoms with Crippen LogP contribution in [0, 0.1) is 13.8 Å². The molecule has 10 heteroatoms. The summed E-state index contributed by atoms with van der Waals surface area (Å²) in [5.41, 5.74) is 5.71. The number of hydrogen-bond donors (Lipinski definition) is 1. The lowest BCUT2D eigenvalue weighted by molar-refractivity contribution is -0.459. The SMILES string of the molecule is Cc1nc(-c2ccc(C)c(NC(=O)c3cnc4ccc(C5=C[N+](CCN6CCOCC6)=C5)cn34)c2)no1. The number of carbonyl (C=O) groups is 1. The van der Waals surface area contributed by atoms with E-state index in [1.807, 2.05) is 47.9 Å². The number of ether oxygens (including phenoxy) is 1. The Balaban J connectivity index is 1.17. The van der Waals surface area contributed by atoms with E-state index in [-0.39, 0.29) is 5.91 Å². The van der Waals surface area contributed by atoms with Gasteiger partial charge in [-0.25, -0.2) is 9.56 Å². The molecule has 6 rings (SSSR count). The van der Waals surface area contributed by atoms with Crippen LogP contribution in [-0.2, 0) is 4.74 Å². The minimum Gasteiger partial charge on any atom is -0.379 e. The first-order chi connectivity index (χ1) is 18.0. The lowest BCUT2D eigenvalue weighted by Crippen LogP contribution is -2.39. The van der Waals surface area contributed by atoms with Crippen LogP contribution in [0.15, 0.2) is 53.4 Å². The number of aromatic nitrogens is 4. The first-order valence-electron chi connectivity index (χ1n) is 12.4. The van der Waals surface area contributed by atoms with Gasteiger partial charge in [0.1, 0.15) is 16.9 Å². The van der Waals surface area contributed by atoms with Crippen molar-refractivity contribution < 1.29 is 18.6 Å². The summed E-state index contributed by atoms with van der Waals surface area (Å²) in [6.07, 6.45) is 7.85. The molecule has 1 N–H and O–H groups in total. The number of amides is 1. The first kappa shape index (κ1) is 23.3. The number of imidazole rings is 1. The van der Waals surface area contributed by atoms with Crippen LogP contribution in [0.2, 0.25) is 0 Å². The summed E-state index contributed by atoms with van der Waals surface area (Å²) >= 11 is 0. The fourth-order valence-electron chi connectivity index (χ4n) is 4.52. The van der Waals surface area contributed by atoms with E-state index in [2.05, 4.69) is 42.3 Å². The smallest absolute Gasteiger partial charge is 0.274 e. The van der Waals surface area contributed by atoms with Gasteiger partial charge in [0, 0.05) is 43.0 Å². The number of fused-ring (bicyclic) bond motifs is 1. The number of morpholine rings is 1. The van der Waals surface area contributed by atoms with Crippen molar-refractivity contribution in [2.24, 2.45) is 0 Å². The highest BCUT2D eigenvalue weighted by Gasteiger charge is 2.22. The Labute approximate surface area is 213 Å². The second-order valence-electron chi connectivity index (χ2n) is 9.32. The van der Waals surface area contributed by atoms with Crippen LogP contribution in [-0.4, -0.2) is 80.5 Å². The van der Waals surface area contributed by atoms with Crippen molar-refractivity contribution in [3.63, 3.8) is 0 Å². The Kier molecular flexibility index (Phi) is 6.11. The van der Waals surface area contributed by atoms with Gasteiger partial charge in [-0.1, -0.05) is 17.3 Å². The van der Waals surface area contributed by atoms with Crippen LogP contribution < -0.4 is 5.32 Å². The molecule has 0 aliphatic carbocycles. The number of carbonyl (C=O) groups excluding carboxylic acids is 1. The minimum atomic E-state index is -0.243. The van der Waals surface area contributed by atoms with E-state index >= 15 is 0 Å². The maximum Gasteiger partial charge on any atom is 0.274 e. The highest BCUT2D eigenvalue weighted by Crippen LogP contribution is 2.25. The molecule has 0 unspecified atom stereocenters. The van der Waals surface area contributed by atoms with Crippen LogP contribution in [0.3, 0.4) is 0 Å². The number of rotatable bonds is 7. The third-order valence-corrected chi connectivity index (χ3v) is 6.73. The van der Waals surface area contributed by atoms with E-state index in [4.69, 9.17) is 9.26 Å². The fraction of sp³-hybridized carbons (Fsp3) is 0.296. The van der Waals surface area contributed by atoms with Gasteiger partial charge in [-0.3, -0.25) is 14.1 Å². The molecule has 1 amide bonds. The lowest BCUT2D eigenvalue weighted by Gasteiger charge is -2.25.